The molecular weight excluding hydrogens is 214 g/mol. The van der Waals surface area contributed by atoms with Crippen LogP contribution in [0.1, 0.15) is 19.3 Å². The number of aliphatic carboxylic acids is 1. The summed E-state index contributed by atoms with van der Waals surface area (Å²) >= 11 is 0. The Bertz CT molecular complexity index is 288. The molecule has 90 valence electrons. The standard InChI is InChI=1S/C9H15N3O4/c13-7(10-5-8(14)15)4-11-9(16)12-6-2-1-3-6/h6H,1-5H2,(H,10,13)(H,14,15)(H2,11,12,16). The van der Waals surface area contributed by atoms with Gasteiger partial charge in [0.05, 0.1) is 6.54 Å². The third-order valence-electron chi connectivity index (χ3n) is 2.29. The van der Waals surface area contributed by atoms with Crippen LogP contribution in [0.5, 0.6) is 0 Å². The summed E-state index contributed by atoms with van der Waals surface area (Å²) in [6.07, 6.45) is 3.06. The van der Waals surface area contributed by atoms with Gasteiger partial charge in [-0.3, -0.25) is 9.59 Å². The molecular formula is C9H15N3O4. The third kappa shape index (κ3) is 4.63. The largest absolute Gasteiger partial charge is 0.480 e. The van der Waals surface area contributed by atoms with E-state index >= 15 is 0 Å². The molecule has 0 radical (unpaired) electrons. The maximum atomic E-state index is 11.2. The first kappa shape index (κ1) is 12.3. The zero-order chi connectivity index (χ0) is 12.0. The summed E-state index contributed by atoms with van der Waals surface area (Å²) in [5.41, 5.74) is 0. The fourth-order valence-electron chi connectivity index (χ4n) is 1.19. The molecule has 0 aliphatic heterocycles. The van der Waals surface area contributed by atoms with E-state index in [4.69, 9.17) is 5.11 Å². The lowest BCUT2D eigenvalue weighted by Crippen LogP contribution is -2.48. The number of carbonyl (C=O) groups excluding carboxylic acids is 2. The van der Waals surface area contributed by atoms with Crippen LogP contribution in [0.4, 0.5) is 4.79 Å². The first-order valence-electron chi connectivity index (χ1n) is 5.11. The number of urea groups is 1. The Labute approximate surface area is 92.6 Å². The van der Waals surface area contributed by atoms with Crippen molar-refractivity contribution in [3.63, 3.8) is 0 Å². The lowest BCUT2D eigenvalue weighted by atomic mass is 9.93. The molecule has 0 spiro atoms. The molecule has 0 atom stereocenters. The zero-order valence-corrected chi connectivity index (χ0v) is 8.78. The number of rotatable bonds is 5. The molecule has 1 rings (SSSR count). The Morgan fingerprint density at radius 3 is 2.31 bits per heavy atom. The molecule has 0 aromatic carbocycles. The van der Waals surface area contributed by atoms with Gasteiger partial charge in [0.15, 0.2) is 0 Å². The van der Waals surface area contributed by atoms with Crippen LogP contribution in [0.15, 0.2) is 0 Å². The highest BCUT2D eigenvalue weighted by Gasteiger charge is 2.19. The molecule has 0 aromatic rings. The summed E-state index contributed by atoms with van der Waals surface area (Å²) in [7, 11) is 0. The average Bonchev–Trinajstić information content (AvgIpc) is 2.17. The van der Waals surface area contributed by atoms with E-state index in [1.807, 2.05) is 0 Å². The van der Waals surface area contributed by atoms with Gasteiger partial charge in [0.2, 0.25) is 5.91 Å². The van der Waals surface area contributed by atoms with Crippen LogP contribution in [0, 0.1) is 0 Å². The highest BCUT2D eigenvalue weighted by molar-refractivity contribution is 5.86. The Balaban J connectivity index is 2.05. The predicted molar refractivity (Wildman–Crippen MR) is 54.8 cm³/mol. The average molecular weight is 229 g/mol. The fourth-order valence-corrected chi connectivity index (χ4v) is 1.19. The smallest absolute Gasteiger partial charge is 0.322 e. The van der Waals surface area contributed by atoms with Gasteiger partial charge >= 0.3 is 12.0 Å². The monoisotopic (exact) mass is 229 g/mol. The minimum atomic E-state index is -1.12. The van der Waals surface area contributed by atoms with Crippen molar-refractivity contribution in [1.82, 2.24) is 16.0 Å². The van der Waals surface area contributed by atoms with E-state index in [0.29, 0.717) is 0 Å². The van der Waals surface area contributed by atoms with Crippen LogP contribution in [-0.4, -0.2) is 42.1 Å². The molecule has 7 heteroatoms. The van der Waals surface area contributed by atoms with E-state index in [-0.39, 0.29) is 12.6 Å². The van der Waals surface area contributed by atoms with E-state index < -0.39 is 24.5 Å². The SMILES string of the molecule is O=C(O)CNC(=O)CNC(=O)NC1CCC1. The van der Waals surface area contributed by atoms with E-state index in [2.05, 4.69) is 16.0 Å². The molecule has 1 fully saturated rings. The number of carbonyl (C=O) groups is 3. The van der Waals surface area contributed by atoms with Gasteiger partial charge in [0, 0.05) is 6.04 Å². The Kier molecular flexibility index (Phi) is 4.56. The Hall–Kier alpha value is -1.79. The number of hydrogen-bond acceptors (Lipinski definition) is 3. The van der Waals surface area contributed by atoms with Crippen molar-refractivity contribution in [2.75, 3.05) is 13.1 Å². The first-order valence-corrected chi connectivity index (χ1v) is 5.11. The van der Waals surface area contributed by atoms with Gasteiger partial charge in [0.25, 0.3) is 0 Å². The fraction of sp³-hybridized carbons (Fsp3) is 0.667. The molecule has 1 aliphatic rings. The molecule has 16 heavy (non-hydrogen) atoms. The van der Waals surface area contributed by atoms with Gasteiger partial charge < -0.3 is 21.1 Å². The lowest BCUT2D eigenvalue weighted by Gasteiger charge is -2.26. The first-order chi connectivity index (χ1) is 7.58. The number of carboxylic acid groups (broad SMARTS) is 1. The molecule has 0 aromatic heterocycles. The van der Waals surface area contributed by atoms with Crippen molar-refractivity contribution in [2.24, 2.45) is 0 Å². The van der Waals surface area contributed by atoms with Crippen LogP contribution < -0.4 is 16.0 Å². The molecule has 0 saturated heterocycles. The molecule has 1 aliphatic carbocycles. The highest BCUT2D eigenvalue weighted by atomic mass is 16.4. The van der Waals surface area contributed by atoms with E-state index in [0.717, 1.165) is 19.3 Å². The second-order valence-corrected chi connectivity index (χ2v) is 3.63. The van der Waals surface area contributed by atoms with Gasteiger partial charge in [-0.2, -0.15) is 0 Å². The van der Waals surface area contributed by atoms with Crippen molar-refractivity contribution in [3.8, 4) is 0 Å². The van der Waals surface area contributed by atoms with Crippen molar-refractivity contribution in [2.45, 2.75) is 25.3 Å². The van der Waals surface area contributed by atoms with Gasteiger partial charge in [-0.05, 0) is 19.3 Å². The van der Waals surface area contributed by atoms with Gasteiger partial charge in [-0.1, -0.05) is 0 Å². The lowest BCUT2D eigenvalue weighted by molar-refractivity contribution is -0.137. The number of nitrogens with one attached hydrogen (secondary N) is 3. The zero-order valence-electron chi connectivity index (χ0n) is 8.78. The highest BCUT2D eigenvalue weighted by Crippen LogP contribution is 2.17. The summed E-state index contributed by atoms with van der Waals surface area (Å²) in [6.45, 7) is -0.656. The molecule has 0 bridgehead atoms. The summed E-state index contributed by atoms with van der Waals surface area (Å²) in [4.78, 5) is 32.3. The third-order valence-corrected chi connectivity index (χ3v) is 2.29. The topological polar surface area (TPSA) is 108 Å². The maximum Gasteiger partial charge on any atom is 0.322 e. The second-order valence-electron chi connectivity index (χ2n) is 3.63. The molecule has 4 N–H and O–H groups in total. The van der Waals surface area contributed by atoms with Crippen molar-refractivity contribution >= 4 is 17.9 Å². The second kappa shape index (κ2) is 5.94. The maximum absolute atomic E-state index is 11.2. The van der Waals surface area contributed by atoms with E-state index in [1.165, 1.54) is 0 Å². The normalized spacial score (nSPS) is 14.8. The van der Waals surface area contributed by atoms with Gasteiger partial charge in [-0.15, -0.1) is 0 Å². The van der Waals surface area contributed by atoms with Crippen molar-refractivity contribution in [1.29, 1.82) is 0 Å². The van der Waals surface area contributed by atoms with Crippen LogP contribution >= 0.6 is 0 Å². The number of hydrogen-bond donors (Lipinski definition) is 4. The van der Waals surface area contributed by atoms with Crippen LogP contribution in [0.2, 0.25) is 0 Å². The molecule has 1 saturated carbocycles. The Morgan fingerprint density at radius 2 is 1.81 bits per heavy atom. The molecule has 3 amide bonds. The summed E-state index contributed by atoms with van der Waals surface area (Å²) in [5, 5.41) is 15.5. The van der Waals surface area contributed by atoms with Crippen LogP contribution in [-0.2, 0) is 9.59 Å². The predicted octanol–water partition coefficient (Wildman–Crippen LogP) is -0.961. The molecule has 0 heterocycles. The number of amides is 3. The van der Waals surface area contributed by atoms with Crippen LogP contribution in [0.3, 0.4) is 0 Å². The van der Waals surface area contributed by atoms with E-state index in [1.54, 1.807) is 0 Å². The minimum absolute atomic E-state index is 0.210. The summed E-state index contributed by atoms with van der Waals surface area (Å²) < 4.78 is 0. The minimum Gasteiger partial charge on any atom is -0.480 e. The number of carboxylic acids is 1. The van der Waals surface area contributed by atoms with Gasteiger partial charge in [0.1, 0.15) is 6.54 Å². The van der Waals surface area contributed by atoms with Crippen LogP contribution in [0.25, 0.3) is 0 Å². The summed E-state index contributed by atoms with van der Waals surface area (Å²) in [6, 6.07) is -0.183. The van der Waals surface area contributed by atoms with E-state index in [9.17, 15) is 14.4 Å². The quantitative estimate of drug-likeness (QED) is 0.487. The Morgan fingerprint density at radius 1 is 1.12 bits per heavy atom. The van der Waals surface area contributed by atoms with Crippen molar-refractivity contribution in [3.05, 3.63) is 0 Å². The van der Waals surface area contributed by atoms with Gasteiger partial charge in [-0.25, -0.2) is 4.79 Å². The summed E-state index contributed by atoms with van der Waals surface area (Å²) in [5.74, 6) is -1.64. The van der Waals surface area contributed by atoms with Crippen molar-refractivity contribution < 1.29 is 19.5 Å². The molecule has 7 nitrogen and oxygen atoms in total. The molecule has 0 unspecified atom stereocenters.